The maximum Gasteiger partial charge on any atom is 0.0390 e. The smallest absolute Gasteiger partial charge is 0.0390 e. The normalized spacial score (nSPS) is 12.4. The average molecular weight is 359 g/mol. The highest BCUT2D eigenvalue weighted by molar-refractivity contribution is 7.81. The quantitative estimate of drug-likeness (QED) is 0.138. The predicted molar refractivity (Wildman–Crippen MR) is 112 cm³/mol. The summed E-state index contributed by atoms with van der Waals surface area (Å²) in [5.41, 5.74) is 2.76. The molecule has 0 atom stereocenters. The summed E-state index contributed by atoms with van der Waals surface area (Å²) in [4.78, 5) is -0.0481. The van der Waals surface area contributed by atoms with Crippen LogP contribution in [0.15, 0.2) is 24.3 Å². The zero-order valence-corrected chi connectivity index (χ0v) is 17.7. The molecule has 0 heterocycles. The van der Waals surface area contributed by atoms with Crippen LogP contribution in [0.25, 0.3) is 0 Å². The molecule has 0 N–H and O–H groups in total. The summed E-state index contributed by atoms with van der Waals surface area (Å²) < 4.78 is 0.0769. The van der Waals surface area contributed by atoms with Gasteiger partial charge in [-0.15, -0.1) is 11.6 Å². The van der Waals surface area contributed by atoms with Gasteiger partial charge in [-0.3, -0.25) is 0 Å². The number of rotatable bonds is 14. The summed E-state index contributed by atoms with van der Waals surface area (Å²) in [6, 6.07) is 0. The van der Waals surface area contributed by atoms with Crippen LogP contribution >= 0.6 is 24.2 Å². The Kier molecular flexibility index (Phi) is 11.7. The van der Waals surface area contributed by atoms with Gasteiger partial charge in [-0.05, 0) is 65.2 Å². The third kappa shape index (κ3) is 18.3. The molecule has 0 fully saturated rings. The first kappa shape index (κ1) is 23.1. The van der Waals surface area contributed by atoms with Crippen molar-refractivity contribution in [3.63, 3.8) is 0 Å². The molecule has 0 aliphatic carbocycles. The van der Waals surface area contributed by atoms with Crippen LogP contribution in [0, 0.1) is 0 Å². The molecule has 0 spiro atoms. The molecular weight excluding hydrogens is 320 g/mol. The van der Waals surface area contributed by atoms with Gasteiger partial charge in [-0.25, -0.2) is 0 Å². The Morgan fingerprint density at radius 1 is 0.783 bits per heavy atom. The predicted octanol–water partition coefficient (Wildman–Crippen LogP) is 8.12. The van der Waals surface area contributed by atoms with E-state index in [0.717, 1.165) is 19.3 Å². The third-order valence-corrected chi connectivity index (χ3v) is 4.39. The molecule has 0 saturated carbocycles. The minimum Gasteiger partial charge on any atom is -0.173 e. The SMILES string of the molecule is C=C(CCCCCCC(=C)CC(C)(C)S)CCCCC(C)(C)Cl. The summed E-state index contributed by atoms with van der Waals surface area (Å²) in [5, 5.41) is 0. The summed E-state index contributed by atoms with van der Waals surface area (Å²) in [6.45, 7) is 16.9. The highest BCUT2D eigenvalue weighted by Crippen LogP contribution is 2.25. The van der Waals surface area contributed by atoms with E-state index in [1.165, 1.54) is 62.5 Å². The second kappa shape index (κ2) is 11.6. The van der Waals surface area contributed by atoms with Gasteiger partial charge in [0.25, 0.3) is 0 Å². The van der Waals surface area contributed by atoms with Gasteiger partial charge in [-0.1, -0.05) is 57.4 Å². The lowest BCUT2D eigenvalue weighted by Gasteiger charge is -2.18. The zero-order chi connectivity index (χ0) is 17.9. The van der Waals surface area contributed by atoms with E-state index in [9.17, 15) is 0 Å². The lowest BCUT2D eigenvalue weighted by Crippen LogP contribution is -2.10. The Balaban J connectivity index is 3.47. The van der Waals surface area contributed by atoms with Gasteiger partial charge < -0.3 is 0 Å². The number of thiol groups is 1. The van der Waals surface area contributed by atoms with Gasteiger partial charge in [0, 0.05) is 9.62 Å². The highest BCUT2D eigenvalue weighted by Gasteiger charge is 2.13. The molecule has 0 bridgehead atoms. The van der Waals surface area contributed by atoms with Crippen molar-refractivity contribution in [1.29, 1.82) is 0 Å². The topological polar surface area (TPSA) is 0 Å². The summed E-state index contributed by atoms with van der Waals surface area (Å²) in [5.74, 6) is 0. The average Bonchev–Trinajstić information content (AvgIpc) is 2.35. The van der Waals surface area contributed by atoms with E-state index in [1.54, 1.807) is 0 Å². The first-order valence-electron chi connectivity index (χ1n) is 9.24. The molecule has 0 aromatic rings. The van der Waals surface area contributed by atoms with E-state index in [2.05, 4.69) is 53.5 Å². The molecule has 0 unspecified atom stereocenters. The summed E-state index contributed by atoms with van der Waals surface area (Å²) >= 11 is 10.8. The maximum atomic E-state index is 6.21. The molecule has 0 aromatic heterocycles. The van der Waals surface area contributed by atoms with Crippen LogP contribution in [-0.4, -0.2) is 9.62 Å². The third-order valence-electron chi connectivity index (χ3n) is 4.04. The fourth-order valence-corrected chi connectivity index (χ4v) is 3.21. The molecule has 0 aliphatic heterocycles. The molecule has 2 heteroatoms. The minimum absolute atomic E-state index is 0.0481. The van der Waals surface area contributed by atoms with Crippen molar-refractivity contribution in [1.82, 2.24) is 0 Å². The number of allylic oxidation sites excluding steroid dienone is 2. The summed E-state index contributed by atoms with van der Waals surface area (Å²) in [6.07, 6.45) is 13.2. The van der Waals surface area contributed by atoms with E-state index in [0.29, 0.717) is 0 Å². The minimum atomic E-state index is -0.0481. The second-order valence-electron chi connectivity index (χ2n) is 8.33. The van der Waals surface area contributed by atoms with Crippen LogP contribution in [-0.2, 0) is 0 Å². The van der Waals surface area contributed by atoms with E-state index in [1.807, 2.05) is 0 Å². The standard InChI is InChI=1S/C21H39ClS/c1-18(14-11-12-16-20(3,4)22)13-9-7-8-10-15-19(2)17-21(5,6)23/h23H,1-2,7-17H2,3-6H3. The molecule has 0 aromatic carbocycles. The molecule has 136 valence electrons. The van der Waals surface area contributed by atoms with Crippen molar-refractivity contribution in [3.8, 4) is 0 Å². The van der Waals surface area contributed by atoms with Gasteiger partial charge >= 0.3 is 0 Å². The summed E-state index contributed by atoms with van der Waals surface area (Å²) in [7, 11) is 0. The monoisotopic (exact) mass is 358 g/mol. The van der Waals surface area contributed by atoms with Gasteiger partial charge in [0.2, 0.25) is 0 Å². The van der Waals surface area contributed by atoms with Crippen molar-refractivity contribution in [2.75, 3.05) is 0 Å². The fourth-order valence-electron chi connectivity index (χ4n) is 2.85. The van der Waals surface area contributed by atoms with Gasteiger partial charge in [0.1, 0.15) is 0 Å². The molecule has 0 amide bonds. The molecule has 23 heavy (non-hydrogen) atoms. The van der Waals surface area contributed by atoms with E-state index in [-0.39, 0.29) is 9.62 Å². The molecular formula is C21H39ClS. The Morgan fingerprint density at radius 3 is 1.65 bits per heavy atom. The molecule has 0 aliphatic rings. The van der Waals surface area contributed by atoms with Crippen molar-refractivity contribution in [2.24, 2.45) is 0 Å². The van der Waals surface area contributed by atoms with Crippen LogP contribution < -0.4 is 0 Å². The first-order valence-corrected chi connectivity index (χ1v) is 10.1. The number of hydrogen-bond acceptors (Lipinski definition) is 1. The van der Waals surface area contributed by atoms with Crippen molar-refractivity contribution >= 4 is 24.2 Å². The lowest BCUT2D eigenvalue weighted by molar-refractivity contribution is 0.560. The van der Waals surface area contributed by atoms with Crippen LogP contribution in [0.1, 0.15) is 98.3 Å². The Hall–Kier alpha value is 0.120. The number of alkyl halides is 1. The molecule has 0 saturated heterocycles. The van der Waals surface area contributed by atoms with Crippen molar-refractivity contribution < 1.29 is 0 Å². The van der Waals surface area contributed by atoms with Gasteiger partial charge in [0.15, 0.2) is 0 Å². The first-order chi connectivity index (χ1) is 10.5. The second-order valence-corrected chi connectivity index (χ2v) is 10.6. The van der Waals surface area contributed by atoms with E-state index >= 15 is 0 Å². The van der Waals surface area contributed by atoms with Crippen LogP contribution in [0.5, 0.6) is 0 Å². The van der Waals surface area contributed by atoms with Gasteiger partial charge in [-0.2, -0.15) is 12.6 Å². The molecule has 0 radical (unpaired) electrons. The highest BCUT2D eigenvalue weighted by atomic mass is 35.5. The van der Waals surface area contributed by atoms with Crippen LogP contribution in [0.3, 0.4) is 0 Å². The molecule has 0 rings (SSSR count). The number of hydrogen-bond donors (Lipinski definition) is 1. The Bertz CT molecular complexity index is 344. The Morgan fingerprint density at radius 2 is 1.22 bits per heavy atom. The largest absolute Gasteiger partial charge is 0.173 e. The number of unbranched alkanes of at least 4 members (excludes halogenated alkanes) is 4. The number of halogens is 1. The van der Waals surface area contributed by atoms with E-state index in [4.69, 9.17) is 11.6 Å². The lowest BCUT2D eigenvalue weighted by atomic mass is 9.97. The van der Waals surface area contributed by atoms with Gasteiger partial charge in [0.05, 0.1) is 0 Å². The molecule has 0 nitrogen and oxygen atoms in total. The van der Waals surface area contributed by atoms with Crippen LogP contribution in [0.4, 0.5) is 0 Å². The fraction of sp³-hybridized carbons (Fsp3) is 0.810. The van der Waals surface area contributed by atoms with E-state index < -0.39 is 0 Å². The maximum absolute atomic E-state index is 6.21. The Labute approximate surface area is 156 Å². The van der Waals surface area contributed by atoms with Crippen molar-refractivity contribution in [3.05, 3.63) is 24.3 Å². The van der Waals surface area contributed by atoms with Crippen LogP contribution in [0.2, 0.25) is 0 Å². The zero-order valence-electron chi connectivity index (χ0n) is 16.0. The van der Waals surface area contributed by atoms with Crippen molar-refractivity contribution in [2.45, 2.75) is 108 Å².